The summed E-state index contributed by atoms with van der Waals surface area (Å²) in [6.45, 7) is 3.44. The molecule has 2 aromatic heterocycles. The molecule has 3 aromatic rings. The van der Waals surface area contributed by atoms with Gasteiger partial charge >= 0.3 is 5.97 Å². The lowest BCUT2D eigenvalue weighted by Crippen LogP contribution is -2.41. The van der Waals surface area contributed by atoms with Crippen LogP contribution in [0.4, 0.5) is 0 Å². The maximum atomic E-state index is 14.6. The highest BCUT2D eigenvalue weighted by molar-refractivity contribution is 7.99. The molecule has 10 heteroatoms. The average molecular weight is 570 g/mol. The van der Waals surface area contributed by atoms with Gasteiger partial charge in [0.2, 0.25) is 0 Å². The zero-order chi connectivity index (χ0) is 28.0. The number of nitrogens with zero attached hydrogens (tertiary/aromatic N) is 4. The van der Waals surface area contributed by atoms with Crippen LogP contribution in [0, 0.1) is 11.3 Å². The standard InChI is InChI=1S/C30H27N5O3S2/c1-3-38-30(37)25-21-16-40-28-26(24(22-10-7-13-39-22)19-15-34(2)12-11-20(19)33-28)29(36)35(21)27(32)18(14-31)23(25)17-8-5-4-6-9-17/h4-10,13,23H,3,11-12,15-16,32H2,1-2H3. The minimum Gasteiger partial charge on any atom is -0.463 e. The highest BCUT2D eigenvalue weighted by atomic mass is 32.2. The summed E-state index contributed by atoms with van der Waals surface area (Å²) in [6, 6.07) is 15.5. The molecule has 0 saturated carbocycles. The molecule has 0 spiro atoms. The molecule has 0 aliphatic carbocycles. The van der Waals surface area contributed by atoms with Crippen LogP contribution < -0.4 is 5.73 Å². The summed E-state index contributed by atoms with van der Waals surface area (Å²) in [5.41, 5.74) is 11.6. The van der Waals surface area contributed by atoms with Crippen molar-refractivity contribution in [3.05, 3.63) is 92.9 Å². The van der Waals surface area contributed by atoms with Gasteiger partial charge in [0.25, 0.3) is 5.91 Å². The first kappa shape index (κ1) is 26.3. The lowest BCUT2D eigenvalue weighted by molar-refractivity contribution is -0.138. The van der Waals surface area contributed by atoms with E-state index in [1.807, 2.05) is 47.8 Å². The molecule has 0 bridgehead atoms. The second kappa shape index (κ2) is 10.6. The van der Waals surface area contributed by atoms with Crippen molar-refractivity contribution < 1.29 is 14.3 Å². The van der Waals surface area contributed by atoms with E-state index in [9.17, 15) is 14.9 Å². The van der Waals surface area contributed by atoms with Gasteiger partial charge in [-0.2, -0.15) is 5.26 Å². The van der Waals surface area contributed by atoms with Crippen molar-refractivity contribution in [2.75, 3.05) is 26.0 Å². The lowest BCUT2D eigenvalue weighted by Gasteiger charge is -2.35. The largest absolute Gasteiger partial charge is 0.463 e. The van der Waals surface area contributed by atoms with Crippen molar-refractivity contribution in [1.29, 1.82) is 5.26 Å². The van der Waals surface area contributed by atoms with Crippen LogP contribution in [0.25, 0.3) is 10.4 Å². The fourth-order valence-electron chi connectivity index (χ4n) is 5.68. The fourth-order valence-corrected chi connectivity index (χ4v) is 7.55. The van der Waals surface area contributed by atoms with Crippen LogP contribution in [0.15, 0.2) is 75.5 Å². The van der Waals surface area contributed by atoms with Crippen molar-refractivity contribution in [1.82, 2.24) is 14.8 Å². The number of allylic oxidation sites excluding steroid dienone is 1. The minimum atomic E-state index is -0.752. The Bertz CT molecular complexity index is 1620. The third-order valence-electron chi connectivity index (χ3n) is 7.46. The number of esters is 1. The Labute approximate surface area is 240 Å². The zero-order valence-corrected chi connectivity index (χ0v) is 23.8. The Hall–Kier alpha value is -3.91. The first-order chi connectivity index (χ1) is 19.4. The topological polar surface area (TPSA) is 113 Å². The monoisotopic (exact) mass is 569 g/mol. The first-order valence-electron chi connectivity index (χ1n) is 13.0. The molecule has 8 nitrogen and oxygen atoms in total. The number of fused-ring (bicyclic) bond motifs is 3. The summed E-state index contributed by atoms with van der Waals surface area (Å²) in [6.07, 6.45) is 0.781. The highest BCUT2D eigenvalue weighted by Gasteiger charge is 2.44. The number of nitriles is 1. The number of benzene rings is 1. The maximum Gasteiger partial charge on any atom is 0.336 e. The minimum absolute atomic E-state index is 0.0322. The number of amides is 1. The number of hydrogen-bond acceptors (Lipinski definition) is 9. The van der Waals surface area contributed by atoms with Gasteiger partial charge in [0.15, 0.2) is 0 Å². The van der Waals surface area contributed by atoms with Crippen molar-refractivity contribution in [2.24, 2.45) is 5.73 Å². The number of nitrogens with two attached hydrogens (primary N) is 1. The van der Waals surface area contributed by atoms with Crippen LogP contribution in [0.1, 0.15) is 40.0 Å². The number of aromatic nitrogens is 1. The van der Waals surface area contributed by atoms with E-state index >= 15 is 0 Å². The molecule has 1 atom stereocenters. The van der Waals surface area contributed by atoms with Gasteiger partial charge in [-0.1, -0.05) is 48.2 Å². The Balaban J connectivity index is 1.62. The molecule has 5 heterocycles. The zero-order valence-electron chi connectivity index (χ0n) is 22.1. The molecule has 202 valence electrons. The molecule has 3 aliphatic rings. The van der Waals surface area contributed by atoms with Gasteiger partial charge < -0.3 is 15.4 Å². The van der Waals surface area contributed by atoms with Crippen LogP contribution in [0.3, 0.4) is 0 Å². The number of rotatable bonds is 4. The van der Waals surface area contributed by atoms with Crippen LogP contribution >= 0.6 is 23.1 Å². The van der Waals surface area contributed by atoms with E-state index in [2.05, 4.69) is 18.0 Å². The first-order valence-corrected chi connectivity index (χ1v) is 14.9. The molecule has 40 heavy (non-hydrogen) atoms. The number of pyridine rings is 1. The molecule has 0 radical (unpaired) electrons. The molecule has 1 unspecified atom stereocenters. The van der Waals surface area contributed by atoms with Crippen molar-refractivity contribution >= 4 is 35.0 Å². The molecule has 1 aromatic carbocycles. The number of carbonyl (C=O) groups excluding carboxylic acids is 2. The predicted octanol–water partition coefficient (Wildman–Crippen LogP) is 4.65. The summed E-state index contributed by atoms with van der Waals surface area (Å²) >= 11 is 2.99. The Kier molecular flexibility index (Phi) is 6.96. The highest BCUT2D eigenvalue weighted by Crippen LogP contribution is 2.47. The average Bonchev–Trinajstić information content (AvgIpc) is 3.45. The third-order valence-corrected chi connectivity index (χ3v) is 9.34. The van der Waals surface area contributed by atoms with E-state index in [1.165, 1.54) is 16.7 Å². The Morgan fingerprint density at radius 3 is 2.73 bits per heavy atom. The molecule has 3 aliphatic heterocycles. The van der Waals surface area contributed by atoms with Gasteiger partial charge in [-0.05, 0) is 36.5 Å². The number of likely N-dealkylation sites (N-methyl/N-ethyl adjacent to an activating group) is 1. The van der Waals surface area contributed by atoms with Gasteiger partial charge in [0, 0.05) is 47.1 Å². The van der Waals surface area contributed by atoms with Crippen molar-refractivity contribution in [2.45, 2.75) is 30.8 Å². The van der Waals surface area contributed by atoms with Gasteiger partial charge in [0.05, 0.1) is 35.3 Å². The van der Waals surface area contributed by atoms with Gasteiger partial charge in [-0.3, -0.25) is 9.69 Å². The van der Waals surface area contributed by atoms with E-state index in [0.29, 0.717) is 22.8 Å². The van der Waals surface area contributed by atoms with E-state index in [1.54, 1.807) is 18.3 Å². The smallest absolute Gasteiger partial charge is 0.336 e. The lowest BCUT2D eigenvalue weighted by atomic mass is 9.81. The van der Waals surface area contributed by atoms with E-state index in [-0.39, 0.29) is 35.2 Å². The Morgan fingerprint density at radius 1 is 1.23 bits per heavy atom. The van der Waals surface area contributed by atoms with Crippen molar-refractivity contribution in [3.63, 3.8) is 0 Å². The number of carbonyl (C=O) groups is 2. The molecular formula is C30H27N5O3S2. The van der Waals surface area contributed by atoms with Crippen LogP contribution in [0.5, 0.6) is 0 Å². The molecule has 0 fully saturated rings. The van der Waals surface area contributed by atoms with Gasteiger partial charge in [-0.25, -0.2) is 9.78 Å². The van der Waals surface area contributed by atoms with Crippen molar-refractivity contribution in [3.8, 4) is 16.5 Å². The van der Waals surface area contributed by atoms with Crippen LogP contribution in [0.2, 0.25) is 0 Å². The molecule has 0 saturated heterocycles. The number of hydrogen-bond donors (Lipinski definition) is 1. The summed E-state index contributed by atoms with van der Waals surface area (Å²) in [5.74, 6) is -1.41. The summed E-state index contributed by atoms with van der Waals surface area (Å²) in [7, 11) is 2.06. The SMILES string of the molecule is CCOC(=O)C1=C2CSc3nc4c(c(-c5cccs5)c3C(=O)N2C(N)=C(C#N)C1c1ccccc1)CN(C)CC4. The number of ether oxygens (including phenoxy) is 1. The predicted molar refractivity (Wildman–Crippen MR) is 154 cm³/mol. The molecule has 2 N–H and O–H groups in total. The maximum absolute atomic E-state index is 14.6. The van der Waals surface area contributed by atoms with E-state index in [4.69, 9.17) is 15.5 Å². The normalized spacial score (nSPS) is 19.0. The summed E-state index contributed by atoms with van der Waals surface area (Å²) in [5, 5.41) is 12.9. The Morgan fingerprint density at radius 2 is 2.02 bits per heavy atom. The van der Waals surface area contributed by atoms with E-state index < -0.39 is 11.9 Å². The summed E-state index contributed by atoms with van der Waals surface area (Å²) < 4.78 is 5.50. The molecule has 1 amide bonds. The van der Waals surface area contributed by atoms with E-state index in [0.717, 1.165) is 40.2 Å². The third kappa shape index (κ3) is 4.22. The fraction of sp³-hybridized carbons (Fsp3) is 0.267. The second-order valence-electron chi connectivity index (χ2n) is 9.82. The summed E-state index contributed by atoms with van der Waals surface area (Å²) in [4.78, 5) is 37.8. The number of thioether (sulfide) groups is 1. The quantitative estimate of drug-likeness (QED) is 0.452. The van der Waals surface area contributed by atoms with Crippen LogP contribution in [-0.2, 0) is 22.5 Å². The number of thiophene rings is 1. The van der Waals surface area contributed by atoms with Crippen LogP contribution in [-0.4, -0.2) is 52.6 Å². The van der Waals surface area contributed by atoms with Gasteiger partial charge in [-0.15, -0.1) is 11.3 Å². The van der Waals surface area contributed by atoms with Gasteiger partial charge in [0.1, 0.15) is 10.8 Å². The second-order valence-corrected chi connectivity index (χ2v) is 11.7. The molecule has 6 rings (SSSR count). The molecular weight excluding hydrogens is 542 g/mol.